The summed E-state index contributed by atoms with van der Waals surface area (Å²) >= 11 is 0. The fraction of sp³-hybridized carbons (Fsp3) is 1.00. The van der Waals surface area contributed by atoms with Crippen LogP contribution in [0.4, 0.5) is 0 Å². The molecule has 0 amide bonds. The Hall–Kier alpha value is -0.0400. The molecule has 0 aromatic rings. The van der Waals surface area contributed by atoms with Crippen molar-refractivity contribution in [1.29, 1.82) is 0 Å². The van der Waals surface area contributed by atoms with Crippen LogP contribution in [0, 0.1) is 17.8 Å². The summed E-state index contributed by atoms with van der Waals surface area (Å²) in [5.74, 6) is 2.88. The topological polar surface area (TPSA) is 26.0 Å². The summed E-state index contributed by atoms with van der Waals surface area (Å²) in [6.07, 6.45) is 5.66. The van der Waals surface area contributed by atoms with Gasteiger partial charge in [-0.3, -0.25) is 0 Å². The van der Waals surface area contributed by atoms with E-state index in [0.717, 1.165) is 24.3 Å². The molecule has 1 rings (SSSR count). The second kappa shape index (κ2) is 4.10. The minimum Gasteiger partial charge on any atom is -0.330 e. The highest BCUT2D eigenvalue weighted by atomic mass is 14.5. The van der Waals surface area contributed by atoms with Gasteiger partial charge in [0.1, 0.15) is 0 Å². The lowest BCUT2D eigenvalue weighted by Gasteiger charge is -2.06. The molecule has 1 aliphatic rings. The van der Waals surface area contributed by atoms with Crippen LogP contribution in [-0.2, 0) is 0 Å². The molecule has 1 nitrogen and oxygen atoms in total. The van der Waals surface area contributed by atoms with Gasteiger partial charge in [0.2, 0.25) is 0 Å². The monoisotopic (exact) mass is 155 g/mol. The fourth-order valence-electron chi connectivity index (χ4n) is 1.78. The summed E-state index contributed by atoms with van der Waals surface area (Å²) in [6, 6.07) is 0. The highest BCUT2D eigenvalue weighted by Gasteiger charge is 2.34. The predicted octanol–water partition coefficient (Wildman–Crippen LogP) is 2.41. The second-order valence-corrected chi connectivity index (χ2v) is 4.08. The Morgan fingerprint density at radius 3 is 2.64 bits per heavy atom. The third-order valence-electron chi connectivity index (χ3n) is 3.03. The van der Waals surface area contributed by atoms with Crippen molar-refractivity contribution in [2.24, 2.45) is 23.5 Å². The molecule has 0 spiro atoms. The van der Waals surface area contributed by atoms with Gasteiger partial charge in [-0.15, -0.1) is 0 Å². The van der Waals surface area contributed by atoms with Crippen LogP contribution in [0.25, 0.3) is 0 Å². The van der Waals surface area contributed by atoms with Crippen LogP contribution in [0.2, 0.25) is 0 Å². The molecule has 0 radical (unpaired) electrons. The maximum absolute atomic E-state index is 5.55. The van der Waals surface area contributed by atoms with E-state index in [1.807, 2.05) is 0 Å². The highest BCUT2D eigenvalue weighted by Crippen LogP contribution is 2.44. The number of hydrogen-bond acceptors (Lipinski definition) is 1. The van der Waals surface area contributed by atoms with Crippen molar-refractivity contribution in [2.75, 3.05) is 6.54 Å². The lowest BCUT2D eigenvalue weighted by atomic mass is 10.0. The Bertz CT molecular complexity index is 111. The van der Waals surface area contributed by atoms with Gasteiger partial charge >= 0.3 is 0 Å². The summed E-state index contributed by atoms with van der Waals surface area (Å²) < 4.78 is 0. The Kier molecular flexibility index (Phi) is 3.38. The third-order valence-corrected chi connectivity index (χ3v) is 3.03. The number of rotatable bonds is 5. The quantitative estimate of drug-likeness (QED) is 0.648. The van der Waals surface area contributed by atoms with Gasteiger partial charge in [-0.25, -0.2) is 0 Å². The molecule has 0 aromatic carbocycles. The standard InChI is InChI=1S/C10H21N/c1-3-9-6-10(9)5-4-8(2)7-11/h8-10H,3-7,11H2,1-2H3. The molecule has 1 saturated carbocycles. The van der Waals surface area contributed by atoms with Gasteiger partial charge < -0.3 is 5.73 Å². The van der Waals surface area contributed by atoms with E-state index >= 15 is 0 Å². The van der Waals surface area contributed by atoms with Crippen molar-refractivity contribution >= 4 is 0 Å². The number of nitrogens with two attached hydrogens (primary N) is 1. The molecule has 2 N–H and O–H groups in total. The normalized spacial score (nSPS) is 31.9. The maximum atomic E-state index is 5.55. The van der Waals surface area contributed by atoms with E-state index in [4.69, 9.17) is 5.73 Å². The van der Waals surface area contributed by atoms with Gasteiger partial charge in [0.05, 0.1) is 0 Å². The first kappa shape index (κ1) is 9.05. The van der Waals surface area contributed by atoms with Gasteiger partial charge in [0.15, 0.2) is 0 Å². The average Bonchev–Trinajstić information content (AvgIpc) is 2.78. The number of hydrogen-bond donors (Lipinski definition) is 1. The van der Waals surface area contributed by atoms with Crippen LogP contribution in [-0.4, -0.2) is 6.54 Å². The molecule has 0 saturated heterocycles. The molecule has 11 heavy (non-hydrogen) atoms. The van der Waals surface area contributed by atoms with E-state index in [9.17, 15) is 0 Å². The zero-order valence-electron chi connectivity index (χ0n) is 7.84. The molecule has 1 aliphatic carbocycles. The van der Waals surface area contributed by atoms with Crippen LogP contribution in [0.15, 0.2) is 0 Å². The average molecular weight is 155 g/mol. The van der Waals surface area contributed by atoms with Crippen molar-refractivity contribution in [3.8, 4) is 0 Å². The third kappa shape index (κ3) is 2.82. The van der Waals surface area contributed by atoms with E-state index in [1.165, 1.54) is 25.7 Å². The van der Waals surface area contributed by atoms with Gasteiger partial charge in [-0.2, -0.15) is 0 Å². The van der Waals surface area contributed by atoms with Crippen molar-refractivity contribution in [3.63, 3.8) is 0 Å². The minimum absolute atomic E-state index is 0.744. The van der Waals surface area contributed by atoms with E-state index in [2.05, 4.69) is 13.8 Å². The first-order valence-corrected chi connectivity index (χ1v) is 4.98. The Morgan fingerprint density at radius 2 is 2.18 bits per heavy atom. The summed E-state index contributed by atoms with van der Waals surface area (Å²) in [4.78, 5) is 0. The maximum Gasteiger partial charge on any atom is -0.00515 e. The van der Waals surface area contributed by atoms with Crippen LogP contribution >= 0.6 is 0 Å². The second-order valence-electron chi connectivity index (χ2n) is 4.08. The molecule has 0 aromatic heterocycles. The van der Waals surface area contributed by atoms with Crippen molar-refractivity contribution < 1.29 is 0 Å². The first-order valence-electron chi connectivity index (χ1n) is 4.98. The summed E-state index contributed by atoms with van der Waals surface area (Å²) in [5.41, 5.74) is 5.55. The van der Waals surface area contributed by atoms with E-state index in [0.29, 0.717) is 0 Å². The SMILES string of the molecule is CCC1CC1CCC(C)CN. The molecule has 1 fully saturated rings. The molecule has 0 bridgehead atoms. The van der Waals surface area contributed by atoms with Crippen LogP contribution < -0.4 is 5.73 Å². The lowest BCUT2D eigenvalue weighted by Crippen LogP contribution is -2.10. The highest BCUT2D eigenvalue weighted by molar-refractivity contribution is 4.84. The van der Waals surface area contributed by atoms with Gasteiger partial charge in [-0.1, -0.05) is 20.3 Å². The van der Waals surface area contributed by atoms with Crippen LogP contribution in [0.1, 0.15) is 39.5 Å². The molecule has 66 valence electrons. The molecule has 0 aliphatic heterocycles. The minimum atomic E-state index is 0.744. The molecular formula is C10H21N. The van der Waals surface area contributed by atoms with Gasteiger partial charge in [0, 0.05) is 0 Å². The van der Waals surface area contributed by atoms with E-state index < -0.39 is 0 Å². The van der Waals surface area contributed by atoms with Crippen molar-refractivity contribution in [2.45, 2.75) is 39.5 Å². The molecular weight excluding hydrogens is 134 g/mol. The molecule has 0 heterocycles. The molecule has 3 unspecified atom stereocenters. The van der Waals surface area contributed by atoms with Crippen LogP contribution in [0.3, 0.4) is 0 Å². The summed E-state index contributed by atoms with van der Waals surface area (Å²) in [6.45, 7) is 5.42. The van der Waals surface area contributed by atoms with E-state index in [1.54, 1.807) is 0 Å². The lowest BCUT2D eigenvalue weighted by molar-refractivity contribution is 0.482. The first-order chi connectivity index (χ1) is 5.27. The Balaban J connectivity index is 1.97. The van der Waals surface area contributed by atoms with Crippen molar-refractivity contribution in [3.05, 3.63) is 0 Å². The van der Waals surface area contributed by atoms with Crippen molar-refractivity contribution in [1.82, 2.24) is 0 Å². The Morgan fingerprint density at radius 1 is 1.45 bits per heavy atom. The summed E-state index contributed by atoms with van der Waals surface area (Å²) in [5, 5.41) is 0. The molecule has 3 atom stereocenters. The van der Waals surface area contributed by atoms with Crippen LogP contribution in [0.5, 0.6) is 0 Å². The van der Waals surface area contributed by atoms with E-state index in [-0.39, 0.29) is 0 Å². The zero-order chi connectivity index (χ0) is 8.27. The van der Waals surface area contributed by atoms with Gasteiger partial charge in [-0.05, 0) is 43.6 Å². The Labute approximate surface area is 70.4 Å². The largest absolute Gasteiger partial charge is 0.330 e. The smallest absolute Gasteiger partial charge is 0.00515 e. The summed E-state index contributed by atoms with van der Waals surface area (Å²) in [7, 11) is 0. The molecule has 1 heteroatoms. The fourth-order valence-corrected chi connectivity index (χ4v) is 1.78. The van der Waals surface area contributed by atoms with Gasteiger partial charge in [0.25, 0.3) is 0 Å². The predicted molar refractivity (Wildman–Crippen MR) is 49.3 cm³/mol. The zero-order valence-corrected chi connectivity index (χ0v) is 7.84.